The molecule has 2 aliphatic rings. The zero-order chi connectivity index (χ0) is 15.3. The smallest absolute Gasteiger partial charge is 0.223 e. The normalized spacial score (nSPS) is 21.7. The Balaban J connectivity index is 1.90. The number of hydrogen-bond donors (Lipinski definition) is 0. The summed E-state index contributed by atoms with van der Waals surface area (Å²) in [4.78, 5) is 14.1. The maximum atomic E-state index is 12.2. The largest absolute Gasteiger partial charge is 0.343 e. The quantitative estimate of drug-likeness (QED) is 0.779. The highest BCUT2D eigenvalue weighted by atomic mass is 32.2. The van der Waals surface area contributed by atoms with Gasteiger partial charge in [0.2, 0.25) is 15.9 Å². The van der Waals surface area contributed by atoms with E-state index in [-0.39, 0.29) is 11.9 Å². The highest BCUT2D eigenvalue weighted by molar-refractivity contribution is 7.88. The standard InChI is InChI=1S/C15H28N2O3S/c1-21(19,20)17(14-8-4-2-5-9-14)13-10-15(18)16-11-6-3-7-12-16/h14H,2-13H2,1H3. The van der Waals surface area contributed by atoms with Crippen LogP contribution in [0.4, 0.5) is 0 Å². The number of sulfonamides is 1. The molecule has 1 aliphatic carbocycles. The van der Waals surface area contributed by atoms with Crippen LogP contribution >= 0.6 is 0 Å². The van der Waals surface area contributed by atoms with Crippen LogP contribution in [0.1, 0.15) is 57.8 Å². The van der Waals surface area contributed by atoms with Crippen LogP contribution in [-0.2, 0) is 14.8 Å². The van der Waals surface area contributed by atoms with E-state index in [4.69, 9.17) is 0 Å². The number of piperidine rings is 1. The molecule has 1 aliphatic heterocycles. The second-order valence-corrected chi connectivity index (χ2v) is 8.29. The summed E-state index contributed by atoms with van der Waals surface area (Å²) in [5.41, 5.74) is 0. The van der Waals surface area contributed by atoms with E-state index in [1.54, 1.807) is 4.31 Å². The van der Waals surface area contributed by atoms with Gasteiger partial charge in [0.05, 0.1) is 6.26 Å². The summed E-state index contributed by atoms with van der Waals surface area (Å²) in [6.07, 6.45) is 10.2. The maximum Gasteiger partial charge on any atom is 0.223 e. The van der Waals surface area contributed by atoms with Crippen molar-refractivity contribution in [1.82, 2.24) is 9.21 Å². The lowest BCUT2D eigenvalue weighted by molar-refractivity contribution is -0.132. The second-order valence-electron chi connectivity index (χ2n) is 6.36. The van der Waals surface area contributed by atoms with Gasteiger partial charge < -0.3 is 4.90 Å². The van der Waals surface area contributed by atoms with Crippen molar-refractivity contribution in [3.63, 3.8) is 0 Å². The number of rotatable bonds is 5. The molecule has 0 aromatic heterocycles. The Kier molecular flexibility index (Phi) is 6.05. The molecule has 5 nitrogen and oxygen atoms in total. The summed E-state index contributed by atoms with van der Waals surface area (Å²) in [5, 5.41) is 0. The minimum absolute atomic E-state index is 0.0999. The van der Waals surface area contributed by atoms with E-state index in [0.717, 1.165) is 51.6 Å². The zero-order valence-corrected chi connectivity index (χ0v) is 13.9. The molecular formula is C15H28N2O3S. The van der Waals surface area contributed by atoms with E-state index < -0.39 is 10.0 Å². The number of amides is 1. The van der Waals surface area contributed by atoms with Crippen LogP contribution < -0.4 is 0 Å². The van der Waals surface area contributed by atoms with E-state index in [9.17, 15) is 13.2 Å². The van der Waals surface area contributed by atoms with Crippen LogP contribution in [0, 0.1) is 0 Å². The van der Waals surface area contributed by atoms with Crippen LogP contribution in [0.25, 0.3) is 0 Å². The number of carbonyl (C=O) groups is 1. The van der Waals surface area contributed by atoms with Crippen molar-refractivity contribution in [3.8, 4) is 0 Å². The Morgan fingerprint density at radius 3 is 2.19 bits per heavy atom. The van der Waals surface area contributed by atoms with Gasteiger partial charge in [-0.25, -0.2) is 8.42 Å². The van der Waals surface area contributed by atoms with E-state index in [0.29, 0.717) is 13.0 Å². The third-order valence-electron chi connectivity index (χ3n) is 4.66. The molecule has 21 heavy (non-hydrogen) atoms. The van der Waals surface area contributed by atoms with Crippen LogP contribution in [-0.4, -0.2) is 55.5 Å². The third-order valence-corrected chi connectivity index (χ3v) is 6.00. The highest BCUT2D eigenvalue weighted by Gasteiger charge is 2.29. The molecule has 2 rings (SSSR count). The van der Waals surface area contributed by atoms with Gasteiger partial charge in [-0.2, -0.15) is 4.31 Å². The summed E-state index contributed by atoms with van der Waals surface area (Å²) in [7, 11) is -3.23. The predicted molar refractivity (Wildman–Crippen MR) is 83.5 cm³/mol. The molecular weight excluding hydrogens is 288 g/mol. The lowest BCUT2D eigenvalue weighted by atomic mass is 9.95. The SMILES string of the molecule is CS(=O)(=O)N(CCC(=O)N1CCCCC1)C1CCCCC1. The summed E-state index contributed by atoms with van der Waals surface area (Å²) in [6.45, 7) is 2.01. The first-order chi connectivity index (χ1) is 9.98. The Bertz CT molecular complexity index is 438. The summed E-state index contributed by atoms with van der Waals surface area (Å²) in [5.74, 6) is 0.110. The Labute approximate surface area is 128 Å². The fourth-order valence-electron chi connectivity index (χ4n) is 3.50. The topological polar surface area (TPSA) is 57.7 Å². The van der Waals surface area contributed by atoms with Crippen LogP contribution in [0.2, 0.25) is 0 Å². The predicted octanol–water partition coefficient (Wildman–Crippen LogP) is 1.98. The molecule has 0 aromatic carbocycles. The molecule has 1 saturated carbocycles. The van der Waals surface area contributed by atoms with Crippen molar-refractivity contribution < 1.29 is 13.2 Å². The fraction of sp³-hybridized carbons (Fsp3) is 0.933. The van der Waals surface area contributed by atoms with Gasteiger partial charge in [0.25, 0.3) is 0 Å². The number of likely N-dealkylation sites (tertiary alicyclic amines) is 1. The van der Waals surface area contributed by atoms with Crippen LogP contribution in [0.5, 0.6) is 0 Å². The lowest BCUT2D eigenvalue weighted by Crippen LogP contribution is -2.44. The van der Waals surface area contributed by atoms with Crippen molar-refractivity contribution in [2.45, 2.75) is 63.8 Å². The Morgan fingerprint density at radius 1 is 1.05 bits per heavy atom. The molecule has 0 atom stereocenters. The molecule has 1 heterocycles. The van der Waals surface area contributed by atoms with Gasteiger partial charge in [0.15, 0.2) is 0 Å². The Hall–Kier alpha value is -0.620. The molecule has 2 fully saturated rings. The van der Waals surface area contributed by atoms with Gasteiger partial charge in [0.1, 0.15) is 0 Å². The van der Waals surface area contributed by atoms with Gasteiger partial charge >= 0.3 is 0 Å². The van der Waals surface area contributed by atoms with Gasteiger partial charge in [-0.05, 0) is 32.1 Å². The fourth-order valence-corrected chi connectivity index (χ4v) is 4.67. The molecule has 1 saturated heterocycles. The van der Waals surface area contributed by atoms with E-state index in [1.807, 2.05) is 4.90 Å². The second kappa shape index (κ2) is 7.58. The first-order valence-corrected chi connectivity index (χ1v) is 10.1. The third kappa shape index (κ3) is 4.95. The zero-order valence-electron chi connectivity index (χ0n) is 13.1. The number of nitrogens with zero attached hydrogens (tertiary/aromatic N) is 2. The Morgan fingerprint density at radius 2 is 1.62 bits per heavy atom. The molecule has 0 bridgehead atoms. The van der Waals surface area contributed by atoms with Crippen molar-refractivity contribution in [3.05, 3.63) is 0 Å². The minimum atomic E-state index is -3.23. The van der Waals surface area contributed by atoms with Crippen LogP contribution in [0.3, 0.4) is 0 Å². The van der Waals surface area contributed by atoms with Gasteiger partial charge in [-0.3, -0.25) is 4.79 Å². The first-order valence-electron chi connectivity index (χ1n) is 8.23. The summed E-state index contributed by atoms with van der Waals surface area (Å²) in [6, 6.07) is 0.0999. The maximum absolute atomic E-state index is 12.2. The molecule has 0 radical (unpaired) electrons. The number of hydrogen-bond acceptors (Lipinski definition) is 3. The van der Waals surface area contributed by atoms with Crippen LogP contribution in [0.15, 0.2) is 0 Å². The van der Waals surface area contributed by atoms with E-state index in [2.05, 4.69) is 0 Å². The molecule has 6 heteroatoms. The van der Waals surface area contributed by atoms with Crippen molar-refractivity contribution in [2.75, 3.05) is 25.9 Å². The first kappa shape index (κ1) is 16.7. The van der Waals surface area contributed by atoms with E-state index in [1.165, 1.54) is 19.1 Å². The van der Waals surface area contributed by atoms with Crippen molar-refractivity contribution >= 4 is 15.9 Å². The number of carbonyl (C=O) groups excluding carboxylic acids is 1. The molecule has 0 unspecified atom stereocenters. The molecule has 0 N–H and O–H groups in total. The van der Waals surface area contributed by atoms with Gasteiger partial charge in [-0.1, -0.05) is 19.3 Å². The van der Waals surface area contributed by atoms with Gasteiger partial charge in [0, 0.05) is 32.1 Å². The van der Waals surface area contributed by atoms with Gasteiger partial charge in [-0.15, -0.1) is 0 Å². The van der Waals surface area contributed by atoms with E-state index >= 15 is 0 Å². The molecule has 0 aromatic rings. The molecule has 122 valence electrons. The average molecular weight is 316 g/mol. The minimum Gasteiger partial charge on any atom is -0.343 e. The average Bonchev–Trinajstić information content (AvgIpc) is 2.48. The van der Waals surface area contributed by atoms with Crippen molar-refractivity contribution in [1.29, 1.82) is 0 Å². The monoisotopic (exact) mass is 316 g/mol. The summed E-state index contributed by atoms with van der Waals surface area (Å²) < 4.78 is 25.6. The molecule has 0 spiro atoms. The molecule has 1 amide bonds. The summed E-state index contributed by atoms with van der Waals surface area (Å²) >= 11 is 0. The van der Waals surface area contributed by atoms with Crippen molar-refractivity contribution in [2.24, 2.45) is 0 Å². The highest BCUT2D eigenvalue weighted by Crippen LogP contribution is 2.24. The lowest BCUT2D eigenvalue weighted by Gasteiger charge is -2.33.